The number of urea groups is 1. The van der Waals surface area contributed by atoms with Crippen LogP contribution in [0.5, 0.6) is 0 Å². The molecule has 0 heterocycles. The molecular formula is C7H12N2O. The maximum Gasteiger partial charge on any atom is 0.312 e. The van der Waals surface area contributed by atoms with Crippen molar-refractivity contribution in [2.24, 2.45) is 17.6 Å². The predicted octanol–water partition coefficient (Wildman–Crippen LogP) is 0.475. The van der Waals surface area contributed by atoms with Crippen LogP contribution < -0.4 is 11.1 Å². The molecule has 0 aromatic rings. The maximum absolute atomic E-state index is 10.3. The Morgan fingerprint density at radius 1 is 1.80 bits per heavy atom. The summed E-state index contributed by atoms with van der Waals surface area (Å²) < 4.78 is 0. The van der Waals surface area contributed by atoms with Crippen molar-refractivity contribution >= 4 is 6.03 Å². The average molecular weight is 140 g/mol. The fraction of sp³-hybridized carbons (Fsp3) is 0.571. The van der Waals surface area contributed by atoms with Crippen LogP contribution in [-0.2, 0) is 0 Å². The number of carbonyl (C=O) groups excluding carboxylic acids is 1. The number of carbonyl (C=O) groups is 1. The number of primary amides is 1. The fourth-order valence-electron chi connectivity index (χ4n) is 1.25. The van der Waals surface area contributed by atoms with Gasteiger partial charge in [-0.2, -0.15) is 0 Å². The van der Waals surface area contributed by atoms with Crippen LogP contribution in [0.15, 0.2) is 12.7 Å². The molecule has 1 aliphatic carbocycles. The van der Waals surface area contributed by atoms with Gasteiger partial charge in [-0.25, -0.2) is 4.79 Å². The van der Waals surface area contributed by atoms with Crippen LogP contribution in [0.1, 0.15) is 6.92 Å². The van der Waals surface area contributed by atoms with Crippen LogP contribution in [0.2, 0.25) is 0 Å². The second-order valence-electron chi connectivity index (χ2n) is 2.71. The van der Waals surface area contributed by atoms with Gasteiger partial charge < -0.3 is 11.1 Å². The molecule has 0 aromatic carbocycles. The highest BCUT2D eigenvalue weighted by Crippen LogP contribution is 2.38. The first-order valence-corrected chi connectivity index (χ1v) is 3.35. The molecule has 3 atom stereocenters. The Balaban J connectivity index is 2.34. The van der Waals surface area contributed by atoms with Gasteiger partial charge in [-0.15, -0.1) is 6.58 Å². The molecule has 1 saturated carbocycles. The molecule has 10 heavy (non-hydrogen) atoms. The minimum atomic E-state index is -0.443. The van der Waals surface area contributed by atoms with Crippen molar-refractivity contribution in [2.45, 2.75) is 13.0 Å². The molecule has 0 spiro atoms. The molecule has 1 aliphatic rings. The van der Waals surface area contributed by atoms with E-state index >= 15 is 0 Å². The van der Waals surface area contributed by atoms with Crippen molar-refractivity contribution in [1.82, 2.24) is 5.32 Å². The molecule has 2 amide bonds. The first-order chi connectivity index (χ1) is 4.66. The summed E-state index contributed by atoms with van der Waals surface area (Å²) in [4.78, 5) is 10.3. The summed E-state index contributed by atoms with van der Waals surface area (Å²) in [6.07, 6.45) is 1.85. The average Bonchev–Trinajstić information content (AvgIpc) is 2.41. The molecule has 3 nitrogen and oxygen atoms in total. The Morgan fingerprint density at radius 3 is 2.70 bits per heavy atom. The van der Waals surface area contributed by atoms with E-state index in [4.69, 9.17) is 5.73 Å². The first kappa shape index (κ1) is 7.12. The van der Waals surface area contributed by atoms with Crippen LogP contribution in [0.4, 0.5) is 4.79 Å². The third-order valence-electron chi connectivity index (χ3n) is 2.03. The number of hydrogen-bond donors (Lipinski definition) is 2. The Kier molecular flexibility index (Phi) is 1.66. The lowest BCUT2D eigenvalue weighted by Crippen LogP contribution is -2.32. The van der Waals surface area contributed by atoms with E-state index in [1.165, 1.54) is 0 Å². The van der Waals surface area contributed by atoms with Crippen molar-refractivity contribution in [2.75, 3.05) is 0 Å². The number of hydrogen-bond acceptors (Lipinski definition) is 1. The van der Waals surface area contributed by atoms with Gasteiger partial charge in [0.15, 0.2) is 0 Å². The van der Waals surface area contributed by atoms with Crippen molar-refractivity contribution < 1.29 is 4.79 Å². The molecule has 3 N–H and O–H groups in total. The van der Waals surface area contributed by atoms with E-state index in [1.807, 2.05) is 6.08 Å². The molecule has 3 heteroatoms. The third kappa shape index (κ3) is 1.12. The lowest BCUT2D eigenvalue weighted by atomic mass is 10.3. The van der Waals surface area contributed by atoms with Gasteiger partial charge in [0.25, 0.3) is 0 Å². The lowest BCUT2D eigenvalue weighted by Gasteiger charge is -1.95. The molecule has 0 bridgehead atoms. The summed E-state index contributed by atoms with van der Waals surface area (Å²) in [6.45, 7) is 5.70. The van der Waals surface area contributed by atoms with Gasteiger partial charge in [0, 0.05) is 12.0 Å². The highest BCUT2D eigenvalue weighted by molar-refractivity contribution is 5.72. The Hall–Kier alpha value is -0.990. The standard InChI is InChI=1S/C7H12N2O/c1-3-5-4(2)6(5)9-7(8)10/h3-6H,1H2,2H3,(H3,8,9,10)/t4-,5-,6?/m1/s1. The smallest absolute Gasteiger partial charge is 0.312 e. The summed E-state index contributed by atoms with van der Waals surface area (Å²) in [5.74, 6) is 0.928. The van der Waals surface area contributed by atoms with Crippen LogP contribution in [0.3, 0.4) is 0 Å². The van der Waals surface area contributed by atoms with Gasteiger partial charge in [-0.1, -0.05) is 13.0 Å². The SMILES string of the molecule is C=C[C@H]1C(NC(N)=O)[C@@H]1C. The molecular weight excluding hydrogens is 128 g/mol. The number of nitrogens with two attached hydrogens (primary N) is 1. The van der Waals surface area contributed by atoms with Crippen LogP contribution in [-0.4, -0.2) is 12.1 Å². The second-order valence-corrected chi connectivity index (χ2v) is 2.71. The fourth-order valence-corrected chi connectivity index (χ4v) is 1.25. The molecule has 1 unspecified atom stereocenters. The largest absolute Gasteiger partial charge is 0.352 e. The minimum Gasteiger partial charge on any atom is -0.352 e. The maximum atomic E-state index is 10.3. The molecule has 1 rings (SSSR count). The molecule has 0 radical (unpaired) electrons. The summed E-state index contributed by atoms with van der Waals surface area (Å²) >= 11 is 0. The Morgan fingerprint density at radius 2 is 2.40 bits per heavy atom. The topological polar surface area (TPSA) is 55.1 Å². The molecule has 0 aromatic heterocycles. The Bertz CT molecular complexity index is 167. The molecule has 1 fully saturated rings. The summed E-state index contributed by atoms with van der Waals surface area (Å²) in [5, 5.41) is 2.64. The van der Waals surface area contributed by atoms with Crippen molar-refractivity contribution in [1.29, 1.82) is 0 Å². The summed E-state index contributed by atoms with van der Waals surface area (Å²) in [5.41, 5.74) is 4.93. The normalized spacial score (nSPS) is 36.7. The number of nitrogens with one attached hydrogen (secondary N) is 1. The van der Waals surface area contributed by atoms with E-state index in [2.05, 4.69) is 18.8 Å². The lowest BCUT2D eigenvalue weighted by molar-refractivity contribution is 0.248. The Labute approximate surface area is 60.3 Å². The van der Waals surface area contributed by atoms with Crippen molar-refractivity contribution in [3.8, 4) is 0 Å². The molecule has 0 saturated heterocycles. The van der Waals surface area contributed by atoms with Gasteiger partial charge in [-0.3, -0.25) is 0 Å². The monoisotopic (exact) mass is 140 g/mol. The number of rotatable bonds is 2. The summed E-state index contributed by atoms with van der Waals surface area (Å²) in [6, 6.07) is -0.212. The molecule has 56 valence electrons. The van der Waals surface area contributed by atoms with Gasteiger partial charge in [0.2, 0.25) is 0 Å². The van der Waals surface area contributed by atoms with Crippen LogP contribution >= 0.6 is 0 Å². The van der Waals surface area contributed by atoms with E-state index in [0.717, 1.165) is 0 Å². The second kappa shape index (κ2) is 2.33. The van der Waals surface area contributed by atoms with Crippen molar-refractivity contribution in [3.05, 3.63) is 12.7 Å². The van der Waals surface area contributed by atoms with Crippen molar-refractivity contribution in [3.63, 3.8) is 0 Å². The van der Waals surface area contributed by atoms with Gasteiger partial charge in [0.1, 0.15) is 0 Å². The third-order valence-corrected chi connectivity index (χ3v) is 2.03. The van der Waals surface area contributed by atoms with Gasteiger partial charge >= 0.3 is 6.03 Å². The van der Waals surface area contributed by atoms with Gasteiger partial charge in [0.05, 0.1) is 0 Å². The predicted molar refractivity (Wildman–Crippen MR) is 39.4 cm³/mol. The summed E-state index contributed by atoms with van der Waals surface area (Å²) in [7, 11) is 0. The van der Waals surface area contributed by atoms with E-state index < -0.39 is 6.03 Å². The first-order valence-electron chi connectivity index (χ1n) is 3.35. The van der Waals surface area contributed by atoms with Gasteiger partial charge in [-0.05, 0) is 5.92 Å². The van der Waals surface area contributed by atoms with E-state index in [-0.39, 0.29) is 6.04 Å². The highest BCUT2D eigenvalue weighted by Gasteiger charge is 2.44. The van der Waals surface area contributed by atoms with E-state index in [9.17, 15) is 4.79 Å². The highest BCUT2D eigenvalue weighted by atomic mass is 16.2. The quantitative estimate of drug-likeness (QED) is 0.538. The van der Waals surface area contributed by atoms with E-state index in [1.54, 1.807) is 0 Å². The zero-order chi connectivity index (χ0) is 7.72. The zero-order valence-electron chi connectivity index (χ0n) is 6.00. The van der Waals surface area contributed by atoms with E-state index in [0.29, 0.717) is 11.8 Å². The van der Waals surface area contributed by atoms with Crippen LogP contribution in [0, 0.1) is 11.8 Å². The minimum absolute atomic E-state index is 0.231. The number of amides is 2. The van der Waals surface area contributed by atoms with Crippen LogP contribution in [0.25, 0.3) is 0 Å². The molecule has 0 aliphatic heterocycles. The zero-order valence-corrected chi connectivity index (χ0v) is 6.00.